The van der Waals surface area contributed by atoms with E-state index in [2.05, 4.69) is 47.5 Å². The predicted molar refractivity (Wildman–Crippen MR) is 81.8 cm³/mol. The Balaban J connectivity index is 3.97. The first kappa shape index (κ1) is 16.5. The van der Waals surface area contributed by atoms with Crippen molar-refractivity contribution < 1.29 is 0 Å². The standard InChI is InChI=1S/C15H30BN/c1-12(8-7-9-13(2)16-6)10-14(17)11-15(3,4)5/h10,13,16-17H,7-9,11H2,1-6H3. The average Bonchev–Trinajstić information content (AvgIpc) is 2.13. The molecular weight excluding hydrogens is 205 g/mol. The van der Waals surface area contributed by atoms with E-state index in [9.17, 15) is 0 Å². The molecule has 0 saturated carbocycles. The fourth-order valence-corrected chi connectivity index (χ4v) is 1.93. The maximum Gasteiger partial charge on any atom is 0.120 e. The van der Waals surface area contributed by atoms with Gasteiger partial charge in [-0.05, 0) is 37.7 Å². The van der Waals surface area contributed by atoms with E-state index in [0.717, 1.165) is 24.4 Å². The van der Waals surface area contributed by atoms with Crippen LogP contribution in [0.15, 0.2) is 11.6 Å². The van der Waals surface area contributed by atoms with Crippen LogP contribution in [0.25, 0.3) is 0 Å². The molecule has 0 heterocycles. The number of hydrogen-bond donors (Lipinski definition) is 1. The van der Waals surface area contributed by atoms with E-state index in [4.69, 9.17) is 5.41 Å². The molecule has 98 valence electrons. The first-order chi connectivity index (χ1) is 7.74. The van der Waals surface area contributed by atoms with Gasteiger partial charge >= 0.3 is 0 Å². The van der Waals surface area contributed by atoms with Crippen molar-refractivity contribution in [3.05, 3.63) is 11.6 Å². The molecule has 17 heavy (non-hydrogen) atoms. The van der Waals surface area contributed by atoms with E-state index in [-0.39, 0.29) is 5.41 Å². The molecule has 0 radical (unpaired) electrons. The van der Waals surface area contributed by atoms with Crippen LogP contribution in [0.1, 0.15) is 60.3 Å². The molecule has 0 spiro atoms. The van der Waals surface area contributed by atoms with Gasteiger partial charge < -0.3 is 5.41 Å². The second-order valence-corrected chi connectivity index (χ2v) is 6.66. The van der Waals surface area contributed by atoms with Gasteiger partial charge in [0.05, 0.1) is 0 Å². The fourth-order valence-electron chi connectivity index (χ4n) is 1.93. The Bertz CT molecular complexity index is 261. The summed E-state index contributed by atoms with van der Waals surface area (Å²) in [4.78, 5) is 0. The lowest BCUT2D eigenvalue weighted by Crippen LogP contribution is -2.10. The first-order valence-electron chi connectivity index (χ1n) is 6.99. The smallest absolute Gasteiger partial charge is 0.120 e. The van der Waals surface area contributed by atoms with Crippen molar-refractivity contribution in [1.29, 1.82) is 5.41 Å². The fraction of sp³-hybridized carbons (Fsp3) is 0.800. The van der Waals surface area contributed by atoms with Crippen molar-refractivity contribution in [2.75, 3.05) is 0 Å². The quantitative estimate of drug-likeness (QED) is 0.481. The maximum absolute atomic E-state index is 7.95. The summed E-state index contributed by atoms with van der Waals surface area (Å²) in [6.07, 6.45) is 6.67. The molecule has 1 nitrogen and oxygen atoms in total. The summed E-state index contributed by atoms with van der Waals surface area (Å²) in [7, 11) is 1.28. The minimum absolute atomic E-state index is 0.227. The molecule has 0 aromatic rings. The van der Waals surface area contributed by atoms with E-state index in [1.807, 2.05) is 0 Å². The van der Waals surface area contributed by atoms with E-state index >= 15 is 0 Å². The van der Waals surface area contributed by atoms with Crippen LogP contribution in [0.5, 0.6) is 0 Å². The molecule has 0 fully saturated rings. The van der Waals surface area contributed by atoms with Crippen LogP contribution >= 0.6 is 0 Å². The number of allylic oxidation sites excluding steroid dienone is 2. The van der Waals surface area contributed by atoms with Crippen LogP contribution in [0.3, 0.4) is 0 Å². The van der Waals surface area contributed by atoms with Crippen molar-refractivity contribution in [2.24, 2.45) is 5.41 Å². The number of hydrogen-bond acceptors (Lipinski definition) is 1. The summed E-state index contributed by atoms with van der Waals surface area (Å²) in [5.41, 5.74) is 2.37. The molecule has 2 heteroatoms. The Morgan fingerprint density at radius 1 is 1.35 bits per heavy atom. The van der Waals surface area contributed by atoms with E-state index in [1.165, 1.54) is 25.7 Å². The van der Waals surface area contributed by atoms with E-state index in [0.29, 0.717) is 0 Å². The van der Waals surface area contributed by atoms with Crippen molar-refractivity contribution in [3.63, 3.8) is 0 Å². The maximum atomic E-state index is 7.95. The highest BCUT2D eigenvalue weighted by Crippen LogP contribution is 2.20. The largest absolute Gasteiger partial charge is 0.305 e. The van der Waals surface area contributed by atoms with Crippen LogP contribution in [0.4, 0.5) is 0 Å². The predicted octanol–water partition coefficient (Wildman–Crippen LogP) is 4.85. The lowest BCUT2D eigenvalue weighted by atomic mass is 9.66. The molecule has 0 aromatic carbocycles. The van der Waals surface area contributed by atoms with Crippen molar-refractivity contribution in [2.45, 2.75) is 72.9 Å². The molecular formula is C15H30BN. The number of nitrogens with one attached hydrogen (secondary N) is 1. The zero-order valence-electron chi connectivity index (χ0n) is 12.7. The number of rotatable bonds is 7. The second kappa shape index (κ2) is 7.73. The minimum atomic E-state index is 0.227. The summed E-state index contributed by atoms with van der Waals surface area (Å²) in [5.74, 6) is 0.844. The van der Waals surface area contributed by atoms with Crippen LogP contribution in [-0.4, -0.2) is 13.0 Å². The van der Waals surface area contributed by atoms with Gasteiger partial charge in [0.15, 0.2) is 0 Å². The van der Waals surface area contributed by atoms with Gasteiger partial charge in [-0.1, -0.05) is 52.3 Å². The summed E-state index contributed by atoms with van der Waals surface area (Å²) in [6, 6.07) is 0. The van der Waals surface area contributed by atoms with Crippen LogP contribution in [-0.2, 0) is 0 Å². The monoisotopic (exact) mass is 235 g/mol. The zero-order valence-corrected chi connectivity index (χ0v) is 12.7. The molecule has 1 atom stereocenters. The van der Waals surface area contributed by atoms with Crippen molar-refractivity contribution in [1.82, 2.24) is 0 Å². The van der Waals surface area contributed by atoms with Crippen LogP contribution in [0.2, 0.25) is 12.6 Å². The first-order valence-corrected chi connectivity index (χ1v) is 6.99. The molecule has 0 aliphatic carbocycles. The topological polar surface area (TPSA) is 23.9 Å². The van der Waals surface area contributed by atoms with Gasteiger partial charge in [-0.15, -0.1) is 0 Å². The van der Waals surface area contributed by atoms with Gasteiger partial charge in [-0.2, -0.15) is 0 Å². The Labute approximate surface area is 109 Å². The van der Waals surface area contributed by atoms with Gasteiger partial charge in [-0.3, -0.25) is 0 Å². The van der Waals surface area contributed by atoms with Crippen LogP contribution in [0, 0.1) is 10.8 Å². The Morgan fingerprint density at radius 3 is 2.41 bits per heavy atom. The lowest BCUT2D eigenvalue weighted by Gasteiger charge is -2.17. The summed E-state index contributed by atoms with van der Waals surface area (Å²) in [5, 5.41) is 7.95. The van der Waals surface area contributed by atoms with Crippen molar-refractivity contribution in [3.8, 4) is 0 Å². The third-order valence-corrected chi connectivity index (χ3v) is 3.11. The molecule has 1 N–H and O–H groups in total. The summed E-state index contributed by atoms with van der Waals surface area (Å²) < 4.78 is 0. The SMILES string of the molecule is CBC(C)CCCC(C)=CC(=N)CC(C)(C)C. The molecule has 0 aliphatic rings. The van der Waals surface area contributed by atoms with Crippen LogP contribution < -0.4 is 0 Å². The Hall–Kier alpha value is -0.525. The molecule has 0 bridgehead atoms. The average molecular weight is 235 g/mol. The van der Waals surface area contributed by atoms with E-state index in [1.54, 1.807) is 0 Å². The molecule has 0 amide bonds. The van der Waals surface area contributed by atoms with E-state index < -0.39 is 0 Å². The highest BCUT2D eigenvalue weighted by molar-refractivity contribution is 6.35. The normalized spacial score (nSPS) is 14.6. The molecule has 0 aromatic heterocycles. The van der Waals surface area contributed by atoms with Gasteiger partial charge in [0.2, 0.25) is 0 Å². The summed E-state index contributed by atoms with van der Waals surface area (Å²) >= 11 is 0. The van der Waals surface area contributed by atoms with Gasteiger partial charge in [0, 0.05) is 5.71 Å². The molecule has 0 rings (SSSR count). The summed E-state index contributed by atoms with van der Waals surface area (Å²) in [6.45, 7) is 13.3. The Morgan fingerprint density at radius 2 is 1.94 bits per heavy atom. The third kappa shape index (κ3) is 10.4. The highest BCUT2D eigenvalue weighted by atomic mass is 14.4. The molecule has 1 unspecified atom stereocenters. The molecule has 0 saturated heterocycles. The lowest BCUT2D eigenvalue weighted by molar-refractivity contribution is 0.434. The second-order valence-electron chi connectivity index (χ2n) is 6.66. The third-order valence-electron chi connectivity index (χ3n) is 3.11. The highest BCUT2D eigenvalue weighted by Gasteiger charge is 2.11. The van der Waals surface area contributed by atoms with Gasteiger partial charge in [0.1, 0.15) is 7.28 Å². The zero-order chi connectivity index (χ0) is 13.5. The minimum Gasteiger partial charge on any atom is -0.305 e. The van der Waals surface area contributed by atoms with Gasteiger partial charge in [0.25, 0.3) is 0 Å². The molecule has 0 aliphatic heterocycles. The van der Waals surface area contributed by atoms with Crippen molar-refractivity contribution >= 4 is 13.0 Å². The Kier molecular flexibility index (Phi) is 7.50. The van der Waals surface area contributed by atoms with Gasteiger partial charge in [-0.25, -0.2) is 0 Å².